The molecule has 0 amide bonds. The average Bonchev–Trinajstić information content (AvgIpc) is 2.48. The van der Waals surface area contributed by atoms with E-state index in [1.54, 1.807) is 18.2 Å². The lowest BCUT2D eigenvalue weighted by molar-refractivity contribution is -0.384. The first-order valence-corrected chi connectivity index (χ1v) is 7.85. The van der Waals surface area contributed by atoms with Crippen LogP contribution in [0.15, 0.2) is 45.7 Å². The zero-order valence-electron chi connectivity index (χ0n) is 11.2. The normalized spacial score (nSPS) is 10.9. The van der Waals surface area contributed by atoms with E-state index >= 15 is 0 Å². The van der Waals surface area contributed by atoms with Crippen LogP contribution in [0.4, 0.5) is 5.69 Å². The van der Waals surface area contributed by atoms with E-state index in [4.69, 9.17) is 23.8 Å². The van der Waals surface area contributed by atoms with Gasteiger partial charge in [-0.15, -0.1) is 0 Å². The number of non-ortho nitro benzene ring substituents is 1. The summed E-state index contributed by atoms with van der Waals surface area (Å²) in [7, 11) is 0. The minimum absolute atomic E-state index is 0.1000. The summed E-state index contributed by atoms with van der Waals surface area (Å²) in [6.07, 6.45) is 0. The van der Waals surface area contributed by atoms with Crippen molar-refractivity contribution in [2.75, 3.05) is 0 Å². The highest BCUT2D eigenvalue weighted by molar-refractivity contribution is 9.10. The molecule has 0 spiro atoms. The second-order valence-corrected chi connectivity index (χ2v) is 6.36. The minimum Gasteiger partial charge on any atom is -0.331 e. The number of nitrogens with one attached hydrogen (secondary N) is 1. The summed E-state index contributed by atoms with van der Waals surface area (Å²) in [5.74, 6) is 0. The van der Waals surface area contributed by atoms with E-state index < -0.39 is 10.5 Å². The van der Waals surface area contributed by atoms with Gasteiger partial charge in [-0.05, 0) is 36.5 Å². The number of halogens is 2. The molecular weight excluding hydrogens is 406 g/mol. The maximum Gasteiger partial charge on any atom is 0.271 e. The summed E-state index contributed by atoms with van der Waals surface area (Å²) >= 11 is 14.7. The number of H-pyrrole nitrogens is 1. The lowest BCUT2D eigenvalue weighted by Crippen LogP contribution is -2.21. The van der Waals surface area contributed by atoms with Crippen molar-refractivity contribution in [3.63, 3.8) is 0 Å². The van der Waals surface area contributed by atoms with Crippen molar-refractivity contribution >= 4 is 56.3 Å². The number of aromatic nitrogens is 2. The molecule has 0 unspecified atom stereocenters. The van der Waals surface area contributed by atoms with Gasteiger partial charge in [-0.2, -0.15) is 0 Å². The molecular formula is C14H7BrClN3O3S. The van der Waals surface area contributed by atoms with E-state index in [-0.39, 0.29) is 21.2 Å². The van der Waals surface area contributed by atoms with Crippen LogP contribution in [0.5, 0.6) is 0 Å². The number of hydrogen-bond donors (Lipinski definition) is 1. The van der Waals surface area contributed by atoms with Crippen LogP contribution in [0.2, 0.25) is 5.02 Å². The molecule has 6 nitrogen and oxygen atoms in total. The van der Waals surface area contributed by atoms with E-state index in [2.05, 4.69) is 20.9 Å². The Hall–Kier alpha value is -2.03. The maximum atomic E-state index is 12.7. The summed E-state index contributed by atoms with van der Waals surface area (Å²) in [4.78, 5) is 26.1. The van der Waals surface area contributed by atoms with Crippen LogP contribution in [0.25, 0.3) is 16.6 Å². The second-order valence-electron chi connectivity index (χ2n) is 4.65. The van der Waals surface area contributed by atoms with Crippen LogP contribution in [0.3, 0.4) is 0 Å². The fraction of sp³-hybridized carbons (Fsp3) is 0. The summed E-state index contributed by atoms with van der Waals surface area (Å²) < 4.78 is 2.05. The molecule has 3 rings (SSSR count). The molecule has 9 heteroatoms. The Morgan fingerprint density at radius 3 is 2.70 bits per heavy atom. The van der Waals surface area contributed by atoms with Gasteiger partial charge in [0, 0.05) is 16.6 Å². The Labute approximate surface area is 147 Å². The molecule has 0 aliphatic rings. The quantitative estimate of drug-likeness (QED) is 0.385. The minimum atomic E-state index is -0.560. The monoisotopic (exact) mass is 411 g/mol. The standard InChI is InChI=1S/C14H7BrClN3O3S/c15-7-1-3-9-11(5-7)17-14(23)18(13(9)20)12-6-8(19(21)22)2-4-10(12)16/h1-6H,(H,17,23). The van der Waals surface area contributed by atoms with Gasteiger partial charge in [-0.25, -0.2) is 0 Å². The number of fused-ring (bicyclic) bond motifs is 1. The zero-order valence-corrected chi connectivity index (χ0v) is 14.4. The molecule has 0 saturated heterocycles. The Morgan fingerprint density at radius 1 is 1.26 bits per heavy atom. The molecule has 2 aromatic carbocycles. The highest BCUT2D eigenvalue weighted by Crippen LogP contribution is 2.25. The molecule has 116 valence electrons. The molecule has 1 N–H and O–H groups in total. The van der Waals surface area contributed by atoms with Crippen LogP contribution < -0.4 is 5.56 Å². The first kappa shape index (κ1) is 15.9. The highest BCUT2D eigenvalue weighted by atomic mass is 79.9. The number of aromatic amines is 1. The number of hydrogen-bond acceptors (Lipinski definition) is 4. The molecule has 3 aromatic rings. The maximum absolute atomic E-state index is 12.7. The zero-order chi connectivity index (χ0) is 16.7. The Kier molecular flexibility index (Phi) is 4.05. The molecule has 0 fully saturated rings. The fourth-order valence-electron chi connectivity index (χ4n) is 2.19. The molecule has 0 aliphatic carbocycles. The van der Waals surface area contributed by atoms with Gasteiger partial charge in [0.1, 0.15) is 0 Å². The van der Waals surface area contributed by atoms with Gasteiger partial charge in [0.15, 0.2) is 4.77 Å². The van der Waals surface area contributed by atoms with Crippen LogP contribution in [0, 0.1) is 14.9 Å². The van der Waals surface area contributed by atoms with Gasteiger partial charge in [0.2, 0.25) is 0 Å². The SMILES string of the molecule is O=c1c2ccc(Br)cc2[nH]c(=S)n1-c1cc([N+](=O)[O-])ccc1Cl. The number of nitrogens with zero attached hydrogens (tertiary/aromatic N) is 2. The Bertz CT molecular complexity index is 1080. The van der Waals surface area contributed by atoms with E-state index in [9.17, 15) is 14.9 Å². The Morgan fingerprint density at radius 2 is 2.00 bits per heavy atom. The van der Waals surface area contributed by atoms with Crippen molar-refractivity contribution in [1.29, 1.82) is 0 Å². The largest absolute Gasteiger partial charge is 0.331 e. The molecule has 0 aliphatic heterocycles. The van der Waals surface area contributed by atoms with Crippen LogP contribution in [0.1, 0.15) is 0 Å². The third kappa shape index (κ3) is 2.80. The summed E-state index contributed by atoms with van der Waals surface area (Å²) in [6.45, 7) is 0. The smallest absolute Gasteiger partial charge is 0.271 e. The van der Waals surface area contributed by atoms with E-state index in [0.29, 0.717) is 10.9 Å². The third-order valence-corrected chi connectivity index (χ3v) is 4.34. The van der Waals surface area contributed by atoms with Crippen molar-refractivity contribution in [3.8, 4) is 5.69 Å². The number of nitro benzene ring substituents is 1. The van der Waals surface area contributed by atoms with Crippen LogP contribution >= 0.6 is 39.7 Å². The molecule has 1 heterocycles. The van der Waals surface area contributed by atoms with Gasteiger partial charge < -0.3 is 4.98 Å². The van der Waals surface area contributed by atoms with Gasteiger partial charge in [0.25, 0.3) is 11.2 Å². The van der Waals surface area contributed by atoms with Crippen molar-refractivity contribution < 1.29 is 4.92 Å². The second kappa shape index (κ2) is 5.88. The molecule has 0 atom stereocenters. The predicted octanol–water partition coefficient (Wildman–Crippen LogP) is 4.37. The first-order valence-electron chi connectivity index (χ1n) is 6.27. The van der Waals surface area contributed by atoms with E-state index in [1.807, 2.05) is 0 Å². The number of nitro groups is 1. The van der Waals surface area contributed by atoms with E-state index in [1.165, 1.54) is 18.2 Å². The summed E-state index contributed by atoms with van der Waals surface area (Å²) in [5, 5.41) is 11.5. The summed E-state index contributed by atoms with van der Waals surface area (Å²) in [5.41, 5.74) is 0.143. The van der Waals surface area contributed by atoms with Crippen molar-refractivity contribution in [3.05, 3.63) is 71.1 Å². The summed E-state index contributed by atoms with van der Waals surface area (Å²) in [6, 6.07) is 8.93. The number of rotatable bonds is 2. The van der Waals surface area contributed by atoms with Gasteiger partial charge in [0.05, 0.1) is 26.5 Å². The fourth-order valence-corrected chi connectivity index (χ4v) is 3.05. The van der Waals surface area contributed by atoms with Crippen molar-refractivity contribution in [2.24, 2.45) is 0 Å². The lowest BCUT2D eigenvalue weighted by Gasteiger charge is -2.10. The highest BCUT2D eigenvalue weighted by Gasteiger charge is 2.15. The van der Waals surface area contributed by atoms with Gasteiger partial charge in [-0.3, -0.25) is 19.5 Å². The third-order valence-electron chi connectivity index (χ3n) is 3.24. The topological polar surface area (TPSA) is 80.9 Å². The van der Waals surface area contributed by atoms with Gasteiger partial charge in [-0.1, -0.05) is 27.5 Å². The van der Waals surface area contributed by atoms with Crippen LogP contribution in [-0.4, -0.2) is 14.5 Å². The average molecular weight is 413 g/mol. The van der Waals surface area contributed by atoms with Crippen molar-refractivity contribution in [1.82, 2.24) is 9.55 Å². The molecule has 1 aromatic heterocycles. The first-order chi connectivity index (χ1) is 10.9. The molecule has 0 saturated carbocycles. The van der Waals surface area contributed by atoms with E-state index in [0.717, 1.165) is 9.04 Å². The lowest BCUT2D eigenvalue weighted by atomic mass is 10.2. The predicted molar refractivity (Wildman–Crippen MR) is 94.1 cm³/mol. The number of benzene rings is 2. The van der Waals surface area contributed by atoms with Crippen molar-refractivity contribution in [2.45, 2.75) is 0 Å². The molecule has 0 radical (unpaired) electrons. The van der Waals surface area contributed by atoms with Crippen LogP contribution in [-0.2, 0) is 0 Å². The molecule has 23 heavy (non-hydrogen) atoms. The molecule has 0 bridgehead atoms. The Balaban J connectivity index is 2.40. The van der Waals surface area contributed by atoms with Gasteiger partial charge >= 0.3 is 0 Å².